The summed E-state index contributed by atoms with van der Waals surface area (Å²) in [7, 11) is 0. The van der Waals surface area contributed by atoms with Crippen molar-refractivity contribution in [3.05, 3.63) is 140 Å². The molecule has 0 atom stereocenters. The maximum atomic E-state index is 6.60. The van der Waals surface area contributed by atoms with Crippen molar-refractivity contribution < 1.29 is 4.42 Å². The molecule has 2 aliphatic rings. The van der Waals surface area contributed by atoms with Gasteiger partial charge in [-0.1, -0.05) is 36.4 Å². The van der Waals surface area contributed by atoms with Crippen LogP contribution in [0.4, 0.5) is 0 Å². The molecule has 0 N–H and O–H groups in total. The van der Waals surface area contributed by atoms with Gasteiger partial charge in [-0.25, -0.2) is 0 Å². The van der Waals surface area contributed by atoms with Crippen LogP contribution in [0.25, 0.3) is 115 Å². The molecule has 53 heavy (non-hydrogen) atoms. The third-order valence-corrected chi connectivity index (χ3v) is 11.0. The number of aryl methyl sites for hydroxylation is 1. The van der Waals surface area contributed by atoms with E-state index in [-0.39, 0.29) is 0 Å². The number of hydrogen-bond donors (Lipinski definition) is 0. The number of fused-ring (bicyclic) bond motifs is 15. The number of para-hydroxylation sites is 2. The molecule has 0 radical (unpaired) electrons. The summed E-state index contributed by atoms with van der Waals surface area (Å²) >= 11 is 0. The molecule has 0 spiro atoms. The summed E-state index contributed by atoms with van der Waals surface area (Å²) < 4.78 is 8.71. The van der Waals surface area contributed by atoms with Gasteiger partial charge in [0, 0.05) is 116 Å². The van der Waals surface area contributed by atoms with Crippen LogP contribution in [0.15, 0.2) is 139 Å². The van der Waals surface area contributed by atoms with E-state index in [0.717, 1.165) is 115 Å². The molecule has 10 aromatic rings. The van der Waals surface area contributed by atoms with Crippen molar-refractivity contribution >= 4 is 92.6 Å². The van der Waals surface area contributed by atoms with E-state index in [1.807, 2.05) is 62.0 Å². The highest BCUT2D eigenvalue weighted by Crippen LogP contribution is 2.47. The van der Waals surface area contributed by atoms with Gasteiger partial charge in [0.2, 0.25) is 0 Å². The number of pyridine rings is 5. The van der Waals surface area contributed by atoms with Gasteiger partial charge in [0.1, 0.15) is 0 Å². The molecule has 0 bridgehead atoms. The van der Waals surface area contributed by atoms with Crippen LogP contribution in [0, 0.1) is 6.92 Å². The lowest BCUT2D eigenvalue weighted by atomic mass is 9.86. The van der Waals surface area contributed by atoms with Gasteiger partial charge in [-0.15, -0.1) is 0 Å². The third-order valence-electron chi connectivity index (χ3n) is 11.0. The molecule has 8 nitrogen and oxygen atoms in total. The third kappa shape index (κ3) is 3.78. The second-order valence-corrected chi connectivity index (χ2v) is 13.7. The molecule has 12 rings (SSSR count). The average molecular weight is 680 g/mol. The van der Waals surface area contributed by atoms with E-state index in [4.69, 9.17) is 19.4 Å². The monoisotopic (exact) mass is 679 g/mol. The maximum absolute atomic E-state index is 6.60. The fourth-order valence-corrected chi connectivity index (χ4v) is 8.62. The Bertz CT molecular complexity index is 3550. The minimum atomic E-state index is 0.581. The highest BCUT2D eigenvalue weighted by molar-refractivity contribution is 6.31. The van der Waals surface area contributed by atoms with E-state index < -0.39 is 0 Å². The maximum Gasteiger partial charge on any atom is 0.307 e. The summed E-state index contributed by atoms with van der Waals surface area (Å²) in [5, 5.41) is 12.4. The van der Waals surface area contributed by atoms with Crippen molar-refractivity contribution in [3.8, 4) is 22.3 Å². The first-order valence-corrected chi connectivity index (χ1v) is 17.5. The molecule has 0 unspecified atom stereocenters. The molecule has 2 aliphatic carbocycles. The lowest BCUT2D eigenvalue weighted by molar-refractivity contribution is 0.644. The Morgan fingerprint density at radius 1 is 0.472 bits per heavy atom. The molecule has 7 aromatic heterocycles. The van der Waals surface area contributed by atoms with Crippen LogP contribution in [0.2, 0.25) is 0 Å². The van der Waals surface area contributed by atoms with Gasteiger partial charge in [-0.2, -0.15) is 4.98 Å². The first-order chi connectivity index (χ1) is 26.2. The Hall–Kier alpha value is -7.32. The summed E-state index contributed by atoms with van der Waals surface area (Å²) in [6.07, 6.45) is 19.3. The van der Waals surface area contributed by atoms with Crippen molar-refractivity contribution in [1.29, 1.82) is 0 Å². The van der Waals surface area contributed by atoms with Crippen molar-refractivity contribution in [2.75, 3.05) is 0 Å². The van der Waals surface area contributed by atoms with Crippen molar-refractivity contribution in [2.45, 2.75) is 6.92 Å². The number of aromatic nitrogens is 7. The number of nitrogens with zero attached hydrogens (tertiary/aromatic N) is 7. The first-order valence-electron chi connectivity index (χ1n) is 17.5. The topological polar surface area (TPSA) is 94.9 Å². The fraction of sp³-hybridized carbons (Fsp3) is 0.0222. The first kappa shape index (κ1) is 28.4. The zero-order valence-corrected chi connectivity index (χ0v) is 28.2. The van der Waals surface area contributed by atoms with E-state index in [2.05, 4.69) is 99.1 Å². The Balaban J connectivity index is 1.30. The highest BCUT2D eigenvalue weighted by Gasteiger charge is 2.22. The van der Waals surface area contributed by atoms with Gasteiger partial charge >= 0.3 is 5.84 Å². The van der Waals surface area contributed by atoms with Gasteiger partial charge in [-0.05, 0) is 81.4 Å². The minimum absolute atomic E-state index is 0.581. The summed E-state index contributed by atoms with van der Waals surface area (Å²) in [5.74, 6) is 0.581. The van der Waals surface area contributed by atoms with Gasteiger partial charge in [0.25, 0.3) is 0 Å². The van der Waals surface area contributed by atoms with Crippen molar-refractivity contribution in [2.24, 2.45) is 0 Å². The molecule has 0 amide bonds. The van der Waals surface area contributed by atoms with Crippen LogP contribution in [0.5, 0.6) is 0 Å². The lowest BCUT2D eigenvalue weighted by Gasteiger charge is -2.18. The Morgan fingerprint density at radius 3 is 1.62 bits per heavy atom. The number of benzene rings is 3. The number of hydrogen-bond acceptors (Lipinski definition) is 7. The van der Waals surface area contributed by atoms with E-state index in [1.54, 1.807) is 0 Å². The number of rotatable bonds is 1. The minimum Gasteiger partial charge on any atom is -0.422 e. The Labute approximate surface area is 300 Å². The van der Waals surface area contributed by atoms with E-state index in [0.29, 0.717) is 5.84 Å². The molecule has 0 saturated carbocycles. The van der Waals surface area contributed by atoms with Gasteiger partial charge in [-0.3, -0.25) is 29.3 Å². The van der Waals surface area contributed by atoms with Crippen molar-refractivity contribution in [3.63, 3.8) is 0 Å². The number of oxazole rings is 1. The summed E-state index contributed by atoms with van der Waals surface area (Å²) in [6, 6.07) is 25.5. The normalized spacial score (nSPS) is 12.2. The fourth-order valence-electron chi connectivity index (χ4n) is 8.62. The number of imidazole rings is 1. The molecule has 0 aliphatic heterocycles. The predicted octanol–water partition coefficient (Wildman–Crippen LogP) is 10.8. The SMILES string of the molecule is Cc1cccc2c1nc1oc3c(-c4ccc5c(c4)c4cncc6c4-c4c(cncc4c4cnccc45)c4cnccc4c4ccncc64)cccc3n12. The molecule has 246 valence electrons. The molecule has 3 aromatic carbocycles. The van der Waals surface area contributed by atoms with Crippen LogP contribution in [-0.2, 0) is 0 Å². The van der Waals surface area contributed by atoms with Gasteiger partial charge in [0.15, 0.2) is 5.58 Å². The molecular weight excluding hydrogens is 655 g/mol. The van der Waals surface area contributed by atoms with Crippen LogP contribution >= 0.6 is 0 Å². The molecule has 0 fully saturated rings. The van der Waals surface area contributed by atoms with Crippen LogP contribution < -0.4 is 0 Å². The van der Waals surface area contributed by atoms with E-state index >= 15 is 0 Å². The quantitative estimate of drug-likeness (QED) is 0.170. The van der Waals surface area contributed by atoms with Crippen LogP contribution in [-0.4, -0.2) is 34.3 Å². The largest absolute Gasteiger partial charge is 0.422 e. The zero-order valence-electron chi connectivity index (χ0n) is 28.2. The molecule has 7 heterocycles. The van der Waals surface area contributed by atoms with E-state index in [1.165, 1.54) is 0 Å². The molecule has 8 heteroatoms. The van der Waals surface area contributed by atoms with Gasteiger partial charge in [0.05, 0.1) is 16.6 Å². The molecule has 0 saturated heterocycles. The van der Waals surface area contributed by atoms with E-state index in [9.17, 15) is 0 Å². The summed E-state index contributed by atoms with van der Waals surface area (Å²) in [4.78, 5) is 28.6. The average Bonchev–Trinajstić information content (AvgIpc) is 3.77. The smallest absolute Gasteiger partial charge is 0.307 e. The van der Waals surface area contributed by atoms with Crippen LogP contribution in [0.3, 0.4) is 0 Å². The van der Waals surface area contributed by atoms with Crippen LogP contribution in [0.1, 0.15) is 5.56 Å². The zero-order chi connectivity index (χ0) is 34.8. The second kappa shape index (κ2) is 10.4. The van der Waals surface area contributed by atoms with Gasteiger partial charge < -0.3 is 4.42 Å². The Morgan fingerprint density at radius 2 is 1.00 bits per heavy atom. The highest BCUT2D eigenvalue weighted by atomic mass is 16.4. The molecular formula is C45H25N7O. The summed E-state index contributed by atoms with van der Waals surface area (Å²) in [5.41, 5.74) is 9.01. The van der Waals surface area contributed by atoms with Crippen molar-refractivity contribution in [1.82, 2.24) is 34.3 Å². The second-order valence-electron chi connectivity index (χ2n) is 13.7. The predicted molar refractivity (Wildman–Crippen MR) is 212 cm³/mol. The summed E-state index contributed by atoms with van der Waals surface area (Å²) in [6.45, 7) is 2.08. The Kier molecular flexibility index (Phi) is 5.55. The standard InChI is InChI=1S/C45H25N7O/c1-24-4-2-6-39-43(24)51-45-52(39)40-7-3-5-26(44(40)53-45)25-8-9-27-28-10-13-46-17-32(28)37-22-50-23-38-34-19-48-15-12-30(34)29-11-14-47-18-33(29)36-21-49-20-35(31(27)16-25)41(36)42(37)38/h2-23H,1H3. The lowest BCUT2D eigenvalue weighted by Crippen LogP contribution is -1.94.